The molecular weight excluding hydrogens is 198 g/mol. The third kappa shape index (κ3) is 2.35. The highest BCUT2D eigenvalue weighted by Crippen LogP contribution is 2.28. The fourth-order valence-corrected chi connectivity index (χ4v) is 2.05. The summed E-state index contributed by atoms with van der Waals surface area (Å²) in [5.74, 6) is -0.878. The number of ether oxygens (including phenoxy) is 2. The third-order valence-electron chi connectivity index (χ3n) is 2.88. The van der Waals surface area contributed by atoms with E-state index in [0.29, 0.717) is 12.1 Å². The molecule has 1 heterocycles. The molecule has 0 aromatic heterocycles. The monoisotopic (exact) mass is 213 g/mol. The zero-order valence-electron chi connectivity index (χ0n) is 8.77. The van der Waals surface area contributed by atoms with Crippen molar-refractivity contribution in [3.05, 3.63) is 0 Å². The van der Waals surface area contributed by atoms with Crippen molar-refractivity contribution in [2.24, 2.45) is 0 Å². The minimum absolute atomic E-state index is 0.231. The predicted molar refractivity (Wildman–Crippen MR) is 51.1 cm³/mol. The van der Waals surface area contributed by atoms with Gasteiger partial charge in [0.1, 0.15) is 0 Å². The first-order valence-electron chi connectivity index (χ1n) is 5.28. The zero-order chi connectivity index (χ0) is 10.8. The number of carbonyl (C=O) groups is 2. The Morgan fingerprint density at radius 3 is 2.47 bits per heavy atom. The van der Waals surface area contributed by atoms with E-state index in [0.717, 1.165) is 19.4 Å². The van der Waals surface area contributed by atoms with Crippen molar-refractivity contribution in [1.29, 1.82) is 0 Å². The van der Waals surface area contributed by atoms with Crippen LogP contribution in [0, 0.1) is 0 Å². The highest BCUT2D eigenvalue weighted by molar-refractivity contribution is 5.90. The molecule has 0 radical (unpaired) electrons. The summed E-state index contributed by atoms with van der Waals surface area (Å²) < 4.78 is 9.88. The van der Waals surface area contributed by atoms with Crippen LogP contribution in [0.5, 0.6) is 0 Å². The van der Waals surface area contributed by atoms with Crippen LogP contribution >= 0.6 is 0 Å². The minimum atomic E-state index is -0.439. The second kappa shape index (κ2) is 4.28. The van der Waals surface area contributed by atoms with Gasteiger partial charge in [0.15, 0.2) is 0 Å². The maximum Gasteiger partial charge on any atom is 0.327 e. The van der Waals surface area contributed by atoms with Crippen LogP contribution in [-0.2, 0) is 19.1 Å². The molecule has 2 fully saturated rings. The Balaban J connectivity index is 1.80. The number of esters is 2. The summed E-state index contributed by atoms with van der Waals surface area (Å²) in [6.07, 6.45) is 2.12. The minimum Gasteiger partial charge on any atom is -0.391 e. The molecule has 0 N–H and O–H groups in total. The van der Waals surface area contributed by atoms with Crippen LogP contribution in [0.3, 0.4) is 0 Å². The van der Waals surface area contributed by atoms with E-state index in [1.165, 1.54) is 0 Å². The highest BCUT2D eigenvalue weighted by atomic mass is 16.6. The Labute approximate surface area is 88.3 Å². The van der Waals surface area contributed by atoms with E-state index >= 15 is 0 Å². The van der Waals surface area contributed by atoms with Gasteiger partial charge in [0, 0.05) is 12.6 Å². The van der Waals surface area contributed by atoms with Crippen LogP contribution in [0.15, 0.2) is 0 Å². The molecule has 5 nitrogen and oxygen atoms in total. The Morgan fingerprint density at radius 2 is 1.93 bits per heavy atom. The van der Waals surface area contributed by atoms with Crippen LogP contribution in [0.4, 0.5) is 0 Å². The predicted octanol–water partition coefficient (Wildman–Crippen LogP) is -0.0607. The summed E-state index contributed by atoms with van der Waals surface area (Å²) in [5.41, 5.74) is 0. The molecule has 0 spiro atoms. The zero-order valence-corrected chi connectivity index (χ0v) is 8.77. The van der Waals surface area contributed by atoms with Crippen LogP contribution < -0.4 is 0 Å². The van der Waals surface area contributed by atoms with Gasteiger partial charge in [-0.05, 0) is 19.8 Å². The van der Waals surface area contributed by atoms with Gasteiger partial charge in [-0.15, -0.1) is 0 Å². The Kier molecular flexibility index (Phi) is 3.02. The molecule has 0 amide bonds. The lowest BCUT2D eigenvalue weighted by Gasteiger charge is -2.42. The molecular formula is C10H15NO4. The first-order valence-corrected chi connectivity index (χ1v) is 5.28. The molecule has 0 atom stereocenters. The second-order valence-electron chi connectivity index (χ2n) is 3.95. The van der Waals surface area contributed by atoms with Crippen LogP contribution in [0.1, 0.15) is 19.8 Å². The summed E-state index contributed by atoms with van der Waals surface area (Å²) in [7, 11) is 0. The lowest BCUT2D eigenvalue weighted by atomic mass is 9.87. The van der Waals surface area contributed by atoms with Gasteiger partial charge in [-0.3, -0.25) is 14.5 Å². The lowest BCUT2D eigenvalue weighted by molar-refractivity contribution is -0.170. The molecule has 0 bridgehead atoms. The van der Waals surface area contributed by atoms with Gasteiger partial charge in [-0.1, -0.05) is 0 Å². The normalized spacial score (nSPS) is 32.3. The number of hydrogen-bond acceptors (Lipinski definition) is 5. The van der Waals surface area contributed by atoms with Crippen molar-refractivity contribution >= 4 is 11.9 Å². The third-order valence-corrected chi connectivity index (χ3v) is 2.88. The van der Waals surface area contributed by atoms with Crippen molar-refractivity contribution in [3.63, 3.8) is 0 Å². The molecule has 0 unspecified atom stereocenters. The molecule has 15 heavy (non-hydrogen) atoms. The van der Waals surface area contributed by atoms with E-state index in [9.17, 15) is 9.59 Å². The van der Waals surface area contributed by atoms with E-state index in [-0.39, 0.29) is 13.1 Å². The molecule has 2 rings (SSSR count). The summed E-state index contributed by atoms with van der Waals surface area (Å²) in [6, 6.07) is 0.304. The van der Waals surface area contributed by atoms with Gasteiger partial charge in [-0.2, -0.15) is 0 Å². The maximum atomic E-state index is 11.0. The van der Waals surface area contributed by atoms with E-state index < -0.39 is 11.9 Å². The van der Waals surface area contributed by atoms with Crippen LogP contribution in [-0.4, -0.2) is 48.7 Å². The van der Waals surface area contributed by atoms with Gasteiger partial charge in [0.2, 0.25) is 0 Å². The van der Waals surface area contributed by atoms with Gasteiger partial charge in [-0.25, -0.2) is 0 Å². The van der Waals surface area contributed by atoms with Gasteiger partial charge >= 0.3 is 11.9 Å². The van der Waals surface area contributed by atoms with Crippen LogP contribution in [0.2, 0.25) is 0 Å². The average Bonchev–Trinajstić information content (AvgIpc) is 2.08. The number of cyclic esters (lactones) is 2. The van der Waals surface area contributed by atoms with E-state index in [1.54, 1.807) is 0 Å². The van der Waals surface area contributed by atoms with Gasteiger partial charge in [0.05, 0.1) is 19.2 Å². The number of nitrogens with zero attached hydrogens (tertiary/aromatic N) is 1. The molecule has 84 valence electrons. The number of hydrogen-bond donors (Lipinski definition) is 0. The molecule has 1 saturated heterocycles. The molecule has 0 aromatic carbocycles. The topological polar surface area (TPSA) is 55.8 Å². The standard InChI is InChI=1S/C10H15NO4/c1-2-14-8-3-7(4-8)11-5-9(12)15-10(13)6-11/h7-8H,2-6H2,1H3. The Morgan fingerprint density at radius 1 is 1.33 bits per heavy atom. The molecule has 1 aliphatic carbocycles. The van der Waals surface area contributed by atoms with E-state index in [1.807, 2.05) is 11.8 Å². The maximum absolute atomic E-state index is 11.0. The largest absolute Gasteiger partial charge is 0.391 e. The first-order chi connectivity index (χ1) is 7.19. The Bertz CT molecular complexity index is 257. The fourth-order valence-electron chi connectivity index (χ4n) is 2.05. The van der Waals surface area contributed by atoms with Gasteiger partial charge in [0.25, 0.3) is 0 Å². The summed E-state index contributed by atoms with van der Waals surface area (Å²) in [5, 5.41) is 0. The highest BCUT2D eigenvalue weighted by Gasteiger charge is 2.38. The average molecular weight is 213 g/mol. The number of carbonyl (C=O) groups excluding carboxylic acids is 2. The molecule has 1 saturated carbocycles. The van der Waals surface area contributed by atoms with E-state index in [4.69, 9.17) is 4.74 Å². The van der Waals surface area contributed by atoms with Crippen molar-refractivity contribution in [1.82, 2.24) is 4.90 Å². The fraction of sp³-hybridized carbons (Fsp3) is 0.800. The molecule has 2 aliphatic rings. The summed E-state index contributed by atoms with van der Waals surface area (Å²) in [4.78, 5) is 23.9. The van der Waals surface area contributed by atoms with Crippen molar-refractivity contribution in [2.75, 3.05) is 19.7 Å². The van der Waals surface area contributed by atoms with Gasteiger partial charge < -0.3 is 9.47 Å². The molecule has 0 aromatic rings. The first kappa shape index (κ1) is 10.6. The molecule has 5 heteroatoms. The van der Waals surface area contributed by atoms with Crippen molar-refractivity contribution < 1.29 is 19.1 Å². The van der Waals surface area contributed by atoms with Crippen molar-refractivity contribution in [2.45, 2.75) is 31.9 Å². The quantitative estimate of drug-likeness (QED) is 0.485. The number of rotatable bonds is 3. The Hall–Kier alpha value is -0.940. The van der Waals surface area contributed by atoms with Crippen molar-refractivity contribution in [3.8, 4) is 0 Å². The summed E-state index contributed by atoms with van der Waals surface area (Å²) in [6.45, 7) is 3.15. The van der Waals surface area contributed by atoms with Crippen LogP contribution in [0.25, 0.3) is 0 Å². The SMILES string of the molecule is CCOC1CC(N2CC(=O)OC(=O)C2)C1. The van der Waals surface area contributed by atoms with E-state index in [2.05, 4.69) is 4.74 Å². The smallest absolute Gasteiger partial charge is 0.327 e. The second-order valence-corrected chi connectivity index (χ2v) is 3.95. The summed E-state index contributed by atoms with van der Waals surface area (Å²) >= 11 is 0. The molecule has 1 aliphatic heterocycles. The number of morpholine rings is 1. The lowest BCUT2D eigenvalue weighted by Crippen LogP contribution is -2.54.